The Bertz CT molecular complexity index is 738. The summed E-state index contributed by atoms with van der Waals surface area (Å²) in [4.78, 5) is 24.0. The third-order valence-corrected chi connectivity index (χ3v) is 4.37. The lowest BCUT2D eigenvalue weighted by atomic mass is 9.91. The Morgan fingerprint density at radius 2 is 2.29 bits per heavy atom. The van der Waals surface area contributed by atoms with Crippen LogP contribution in [0.1, 0.15) is 16.8 Å². The van der Waals surface area contributed by atoms with Gasteiger partial charge >= 0.3 is 5.97 Å². The molecule has 110 valence electrons. The van der Waals surface area contributed by atoms with Gasteiger partial charge in [0.2, 0.25) is 0 Å². The van der Waals surface area contributed by atoms with Crippen LogP contribution in [0, 0.1) is 11.3 Å². The molecule has 0 unspecified atom stereocenters. The van der Waals surface area contributed by atoms with Crippen LogP contribution in [0.15, 0.2) is 28.9 Å². The molecule has 1 aliphatic carbocycles. The number of benzene rings is 1. The van der Waals surface area contributed by atoms with E-state index in [-0.39, 0.29) is 5.78 Å². The molecule has 0 bridgehead atoms. The van der Waals surface area contributed by atoms with Crippen LogP contribution in [0.3, 0.4) is 0 Å². The average molecular weight is 308 g/mol. The predicted octanol–water partition coefficient (Wildman–Crippen LogP) is 2.58. The van der Waals surface area contributed by atoms with Gasteiger partial charge in [-0.15, -0.1) is 0 Å². The Labute approximate surface area is 125 Å². The quantitative estimate of drug-likeness (QED) is 0.830. The number of carbonyl (C=O) groups is 2. The van der Waals surface area contributed by atoms with Crippen molar-refractivity contribution in [1.29, 1.82) is 0 Å². The Morgan fingerprint density at radius 1 is 1.52 bits per heavy atom. The van der Waals surface area contributed by atoms with E-state index in [0.717, 1.165) is 5.39 Å². The van der Waals surface area contributed by atoms with E-state index >= 15 is 0 Å². The molecule has 2 aromatic rings. The second-order valence-electron chi connectivity index (χ2n) is 5.41. The molecule has 0 amide bonds. The predicted molar refractivity (Wildman–Crippen MR) is 77.7 cm³/mol. The molecule has 1 fully saturated rings. The number of furan rings is 1. The highest BCUT2D eigenvalue weighted by Crippen LogP contribution is 2.54. The number of carbonyl (C=O) groups excluding carboxylic acids is 1. The van der Waals surface area contributed by atoms with E-state index in [1.807, 2.05) is 0 Å². The molecule has 2 N–H and O–H groups in total. The van der Waals surface area contributed by atoms with Crippen LogP contribution in [0.5, 0.6) is 0 Å². The summed E-state index contributed by atoms with van der Waals surface area (Å²) >= 11 is 6.12. The fourth-order valence-electron chi connectivity index (χ4n) is 2.93. The fourth-order valence-corrected chi connectivity index (χ4v) is 3.20. The number of fused-ring (bicyclic) bond motifs is 1. The Hall–Kier alpha value is -1.85. The lowest BCUT2D eigenvalue weighted by Crippen LogP contribution is -2.31. The van der Waals surface area contributed by atoms with Crippen molar-refractivity contribution in [3.8, 4) is 0 Å². The molecular formula is C15H14ClNO4. The van der Waals surface area contributed by atoms with Gasteiger partial charge in [-0.1, -0.05) is 11.6 Å². The highest BCUT2D eigenvalue weighted by molar-refractivity contribution is 6.35. The van der Waals surface area contributed by atoms with Gasteiger partial charge in [0.05, 0.1) is 22.6 Å². The van der Waals surface area contributed by atoms with Crippen molar-refractivity contribution in [1.82, 2.24) is 5.32 Å². The maximum atomic E-state index is 12.8. The van der Waals surface area contributed by atoms with Gasteiger partial charge in [0.15, 0.2) is 11.4 Å². The minimum Gasteiger partial charge on any atom is -0.481 e. The lowest BCUT2D eigenvalue weighted by Gasteiger charge is -2.15. The number of nitrogens with one attached hydrogen (secondary N) is 1. The summed E-state index contributed by atoms with van der Waals surface area (Å²) in [5.41, 5.74) is 0.0794. The molecule has 0 radical (unpaired) electrons. The molecule has 1 saturated carbocycles. The SMILES string of the molecule is CNC[C@]1(C(=O)c2cc(Cl)c3occc3c2)C[C@@H]1C(=O)O. The Kier molecular flexibility index (Phi) is 3.26. The second kappa shape index (κ2) is 4.86. The molecule has 0 saturated heterocycles. The molecule has 3 rings (SSSR count). The molecule has 0 spiro atoms. The highest BCUT2D eigenvalue weighted by atomic mass is 35.5. The summed E-state index contributed by atoms with van der Waals surface area (Å²) in [6.45, 7) is 0.337. The van der Waals surface area contributed by atoms with E-state index in [2.05, 4.69) is 5.32 Å². The van der Waals surface area contributed by atoms with Crippen LogP contribution in [0.25, 0.3) is 11.0 Å². The van der Waals surface area contributed by atoms with E-state index in [9.17, 15) is 14.7 Å². The maximum Gasteiger partial charge on any atom is 0.307 e. The molecule has 2 atom stereocenters. The topological polar surface area (TPSA) is 79.5 Å². The minimum absolute atomic E-state index is 0.186. The zero-order chi connectivity index (χ0) is 15.2. The number of rotatable bonds is 5. The van der Waals surface area contributed by atoms with Gasteiger partial charge in [0.1, 0.15) is 0 Å². The van der Waals surface area contributed by atoms with E-state index in [1.165, 1.54) is 6.26 Å². The number of aliphatic carboxylic acids is 1. The standard InChI is InChI=1S/C15H14ClNO4/c1-17-7-15(6-10(15)14(19)20)13(18)9-4-8-2-3-21-12(8)11(16)5-9/h2-5,10,17H,6-7H2,1H3,(H,19,20)/t10-,15-/m1/s1. The molecule has 6 heteroatoms. The first kappa shape index (κ1) is 14.1. The van der Waals surface area contributed by atoms with Crippen LogP contribution < -0.4 is 5.32 Å². The van der Waals surface area contributed by atoms with Crippen LogP contribution in [0.4, 0.5) is 0 Å². The first-order chi connectivity index (χ1) is 9.99. The maximum absolute atomic E-state index is 12.8. The summed E-state index contributed by atoms with van der Waals surface area (Å²) in [6.07, 6.45) is 1.86. The van der Waals surface area contributed by atoms with Crippen molar-refractivity contribution in [3.05, 3.63) is 35.0 Å². The number of ketones is 1. The van der Waals surface area contributed by atoms with Crippen molar-refractivity contribution in [2.75, 3.05) is 13.6 Å². The van der Waals surface area contributed by atoms with Gasteiger partial charge in [-0.2, -0.15) is 0 Å². The molecule has 1 aromatic carbocycles. The third-order valence-electron chi connectivity index (χ3n) is 4.09. The van der Waals surface area contributed by atoms with Gasteiger partial charge in [-0.3, -0.25) is 9.59 Å². The zero-order valence-electron chi connectivity index (χ0n) is 11.4. The van der Waals surface area contributed by atoms with Crippen molar-refractivity contribution >= 4 is 34.3 Å². The van der Waals surface area contributed by atoms with Crippen LogP contribution in [-0.4, -0.2) is 30.5 Å². The normalized spacial score (nSPS) is 24.2. The number of carboxylic acid groups (broad SMARTS) is 1. The first-order valence-electron chi connectivity index (χ1n) is 6.58. The van der Waals surface area contributed by atoms with E-state index in [4.69, 9.17) is 16.0 Å². The molecule has 1 heterocycles. The van der Waals surface area contributed by atoms with Crippen molar-refractivity contribution in [2.24, 2.45) is 11.3 Å². The van der Waals surface area contributed by atoms with Gasteiger partial charge in [-0.25, -0.2) is 0 Å². The van der Waals surface area contributed by atoms with Crippen molar-refractivity contribution in [2.45, 2.75) is 6.42 Å². The summed E-state index contributed by atoms with van der Waals surface area (Å²) in [5.74, 6) is -1.76. The minimum atomic E-state index is -0.936. The lowest BCUT2D eigenvalue weighted by molar-refractivity contribution is -0.139. The highest BCUT2D eigenvalue weighted by Gasteiger charge is 2.63. The number of halogens is 1. The third kappa shape index (κ3) is 2.13. The first-order valence-corrected chi connectivity index (χ1v) is 6.96. The Balaban J connectivity index is 2.01. The van der Waals surface area contributed by atoms with E-state index in [1.54, 1.807) is 25.2 Å². The Morgan fingerprint density at radius 3 is 2.90 bits per heavy atom. The van der Waals surface area contributed by atoms with Crippen molar-refractivity contribution < 1.29 is 19.1 Å². The van der Waals surface area contributed by atoms with Gasteiger partial charge in [0.25, 0.3) is 0 Å². The van der Waals surface area contributed by atoms with Crippen LogP contribution >= 0.6 is 11.6 Å². The largest absolute Gasteiger partial charge is 0.481 e. The number of hydrogen-bond acceptors (Lipinski definition) is 4. The monoisotopic (exact) mass is 307 g/mol. The van der Waals surface area contributed by atoms with Crippen LogP contribution in [-0.2, 0) is 4.79 Å². The molecule has 21 heavy (non-hydrogen) atoms. The number of Topliss-reactive ketones (excluding diaryl/α,β-unsaturated/α-hetero) is 1. The summed E-state index contributed by atoms with van der Waals surface area (Å²) in [5, 5.41) is 13.2. The van der Waals surface area contributed by atoms with Gasteiger partial charge in [0, 0.05) is 17.5 Å². The zero-order valence-corrected chi connectivity index (χ0v) is 12.1. The summed E-state index contributed by atoms with van der Waals surface area (Å²) in [6, 6.07) is 4.97. The molecule has 1 aliphatic rings. The van der Waals surface area contributed by atoms with Gasteiger partial charge < -0.3 is 14.8 Å². The van der Waals surface area contributed by atoms with E-state index < -0.39 is 17.3 Å². The average Bonchev–Trinajstić information content (AvgIpc) is 2.97. The van der Waals surface area contributed by atoms with E-state index in [0.29, 0.717) is 29.1 Å². The summed E-state index contributed by atoms with van der Waals surface area (Å²) < 4.78 is 5.24. The molecule has 1 aromatic heterocycles. The number of carboxylic acids is 1. The van der Waals surface area contributed by atoms with Gasteiger partial charge in [-0.05, 0) is 31.7 Å². The summed E-state index contributed by atoms with van der Waals surface area (Å²) in [7, 11) is 1.71. The molecular weight excluding hydrogens is 294 g/mol. The molecule has 0 aliphatic heterocycles. The van der Waals surface area contributed by atoms with Crippen LogP contribution in [0.2, 0.25) is 5.02 Å². The second-order valence-corrected chi connectivity index (χ2v) is 5.81. The number of hydrogen-bond donors (Lipinski definition) is 2. The van der Waals surface area contributed by atoms with Crippen molar-refractivity contribution in [3.63, 3.8) is 0 Å². The molecule has 5 nitrogen and oxygen atoms in total. The fraction of sp³-hybridized carbons (Fsp3) is 0.333. The smallest absolute Gasteiger partial charge is 0.307 e.